The van der Waals surface area contributed by atoms with E-state index in [1.54, 1.807) is 49.4 Å². The molecule has 46 heavy (non-hydrogen) atoms. The third-order valence-electron chi connectivity index (χ3n) is 7.17. The molecule has 2 aliphatic rings. The summed E-state index contributed by atoms with van der Waals surface area (Å²) in [5, 5.41) is 10.6. The van der Waals surface area contributed by atoms with Crippen LogP contribution in [0.3, 0.4) is 0 Å². The number of thiol groups is 1. The molecule has 4 rings (SSSR count). The molecule has 0 aliphatic carbocycles. The maximum absolute atomic E-state index is 13.6. The highest BCUT2D eigenvalue weighted by Gasteiger charge is 2.56. The molecule has 13 heteroatoms. The maximum Gasteiger partial charge on any atom is 0.303 e. The van der Waals surface area contributed by atoms with Gasteiger partial charge in [0.1, 0.15) is 18.5 Å². The number of nitrogens with zero attached hydrogens (tertiary/aromatic N) is 2. The minimum absolute atomic E-state index is 0.0588. The summed E-state index contributed by atoms with van der Waals surface area (Å²) in [6, 6.07) is 14.4. The summed E-state index contributed by atoms with van der Waals surface area (Å²) in [5.41, 5.74) is 1.10. The van der Waals surface area contributed by atoms with Crippen LogP contribution in [0.15, 0.2) is 81.7 Å². The van der Waals surface area contributed by atoms with Crippen molar-refractivity contribution >= 4 is 42.0 Å². The van der Waals surface area contributed by atoms with Crippen LogP contribution in [-0.4, -0.2) is 65.8 Å². The molecule has 1 saturated heterocycles. The summed E-state index contributed by atoms with van der Waals surface area (Å²) >= 11 is 4.83. The van der Waals surface area contributed by atoms with Crippen LogP contribution in [0.2, 0.25) is 0 Å². The monoisotopic (exact) mass is 650 g/mol. The van der Waals surface area contributed by atoms with Gasteiger partial charge in [-0.05, 0) is 31.5 Å². The smallest absolute Gasteiger partial charge is 0.303 e. The summed E-state index contributed by atoms with van der Waals surface area (Å²) in [7, 11) is 0. The maximum atomic E-state index is 13.6. The highest BCUT2D eigenvalue weighted by atomic mass is 32.1. The second-order valence-electron chi connectivity index (χ2n) is 10.7. The lowest BCUT2D eigenvalue weighted by Crippen LogP contribution is -2.65. The highest BCUT2D eigenvalue weighted by Crippen LogP contribution is 2.49. The molecule has 0 saturated carbocycles. The molecule has 12 nitrogen and oxygen atoms in total. The van der Waals surface area contributed by atoms with Crippen LogP contribution in [0.5, 0.6) is 0 Å². The van der Waals surface area contributed by atoms with E-state index in [9.17, 15) is 24.4 Å². The molecule has 0 N–H and O–H groups in total. The molecule has 2 aromatic rings. The van der Waals surface area contributed by atoms with Gasteiger partial charge >= 0.3 is 17.9 Å². The second kappa shape index (κ2) is 14.5. The van der Waals surface area contributed by atoms with Gasteiger partial charge in [-0.3, -0.25) is 19.2 Å². The van der Waals surface area contributed by atoms with E-state index < -0.39 is 61.1 Å². The first kappa shape index (κ1) is 34.1. The Labute approximate surface area is 271 Å². The van der Waals surface area contributed by atoms with Crippen LogP contribution in [-0.2, 0) is 42.9 Å². The summed E-state index contributed by atoms with van der Waals surface area (Å²) in [6.45, 7) is 9.90. The molecule has 1 aromatic carbocycles. The van der Waals surface area contributed by atoms with E-state index in [2.05, 4.69) is 12.6 Å². The predicted molar refractivity (Wildman–Crippen MR) is 165 cm³/mol. The predicted octanol–water partition coefficient (Wildman–Crippen LogP) is 4.41. The molecule has 1 aromatic heterocycles. The third-order valence-corrected chi connectivity index (χ3v) is 7.63. The van der Waals surface area contributed by atoms with E-state index in [0.717, 1.165) is 6.92 Å². The van der Waals surface area contributed by atoms with E-state index in [-0.39, 0.29) is 27.7 Å². The van der Waals surface area contributed by atoms with Crippen molar-refractivity contribution in [2.45, 2.75) is 71.2 Å². The summed E-state index contributed by atoms with van der Waals surface area (Å²) in [6.07, 6.45) is -5.03. The van der Waals surface area contributed by atoms with E-state index >= 15 is 0 Å². The second-order valence-corrected chi connectivity index (χ2v) is 11.1. The van der Waals surface area contributed by atoms with Gasteiger partial charge < -0.3 is 33.0 Å². The van der Waals surface area contributed by atoms with Crippen molar-refractivity contribution in [2.24, 2.45) is 0 Å². The van der Waals surface area contributed by atoms with Gasteiger partial charge in [0.05, 0.1) is 40.3 Å². The number of ether oxygens (including phenoxy) is 5. The van der Waals surface area contributed by atoms with Gasteiger partial charge in [-0.2, -0.15) is 5.26 Å². The first-order valence-corrected chi connectivity index (χ1v) is 14.7. The SMILES string of the molecule is C=C(C)OC1C(OC(C)=O)C(OC(C)=O)C(COC(C)=O)OC1N1C(S)=C(C#N)C(c2ccco2)C(C(C)=O)=C1c1ccccc1. The molecule has 6 atom stereocenters. The lowest BCUT2D eigenvalue weighted by molar-refractivity contribution is -0.267. The molecule has 6 unspecified atom stereocenters. The molecule has 242 valence electrons. The minimum atomic E-state index is -1.34. The van der Waals surface area contributed by atoms with Crippen molar-refractivity contribution < 1.29 is 47.3 Å². The molecular formula is C33H34N2O10S. The standard InChI is InChI=1S/C33H34N2O10S/c1-17(2)42-31-30(44-21(6)39)29(43-20(5)38)25(16-41-19(4)37)45-32(31)35-28(22-11-8-7-9-12-22)26(18(3)36)27(23(15-34)33(35)46)24-13-10-14-40-24/h7-14,25,27,29-32,46H,1,16H2,2-6H3. The number of rotatable bonds is 10. The fourth-order valence-electron chi connectivity index (χ4n) is 5.59. The number of furan rings is 1. The Balaban J connectivity index is 2.05. The molecular weight excluding hydrogens is 616 g/mol. The minimum Gasteiger partial charge on any atom is -0.487 e. The average molecular weight is 651 g/mol. The number of benzene rings is 1. The van der Waals surface area contributed by atoms with E-state index in [0.29, 0.717) is 17.0 Å². The molecule has 0 bridgehead atoms. The lowest BCUT2D eigenvalue weighted by atomic mass is 9.81. The largest absolute Gasteiger partial charge is 0.487 e. The fraction of sp³-hybridized carbons (Fsp3) is 0.364. The third kappa shape index (κ3) is 7.19. The summed E-state index contributed by atoms with van der Waals surface area (Å²) in [4.78, 5) is 51.7. The number of carbonyl (C=O) groups is 4. The fourth-order valence-corrected chi connectivity index (χ4v) is 5.99. The van der Waals surface area contributed by atoms with Crippen LogP contribution in [0, 0.1) is 11.3 Å². The van der Waals surface area contributed by atoms with E-state index in [1.165, 1.54) is 31.9 Å². The molecule has 1 fully saturated rings. The first-order valence-electron chi connectivity index (χ1n) is 14.3. The topological polar surface area (TPSA) is 155 Å². The van der Waals surface area contributed by atoms with Gasteiger partial charge in [-0.1, -0.05) is 36.9 Å². The Hall–Kier alpha value is -4.80. The zero-order valence-corrected chi connectivity index (χ0v) is 26.8. The quantitative estimate of drug-likeness (QED) is 0.168. The summed E-state index contributed by atoms with van der Waals surface area (Å²) < 4.78 is 35.0. The Kier molecular flexibility index (Phi) is 10.8. The Bertz CT molecular complexity index is 1610. The first-order chi connectivity index (χ1) is 21.8. The number of carbonyl (C=O) groups excluding carboxylic acids is 4. The van der Waals surface area contributed by atoms with Gasteiger partial charge in [0.2, 0.25) is 0 Å². The van der Waals surface area contributed by atoms with Crippen LogP contribution < -0.4 is 0 Å². The van der Waals surface area contributed by atoms with Crippen molar-refractivity contribution in [1.29, 1.82) is 5.26 Å². The number of hydrogen-bond donors (Lipinski definition) is 1. The van der Waals surface area contributed by atoms with Crippen LogP contribution in [0.25, 0.3) is 5.70 Å². The molecule has 2 aliphatic heterocycles. The van der Waals surface area contributed by atoms with Gasteiger partial charge in [0.25, 0.3) is 0 Å². The van der Waals surface area contributed by atoms with Crippen molar-refractivity contribution in [3.8, 4) is 6.07 Å². The van der Waals surface area contributed by atoms with Crippen LogP contribution in [0.4, 0.5) is 0 Å². The molecule has 0 amide bonds. The Morgan fingerprint density at radius 1 is 0.913 bits per heavy atom. The van der Waals surface area contributed by atoms with E-state index in [1.807, 2.05) is 0 Å². The Morgan fingerprint density at radius 3 is 2.09 bits per heavy atom. The van der Waals surface area contributed by atoms with Gasteiger partial charge in [0.15, 0.2) is 30.3 Å². The number of ketones is 1. The van der Waals surface area contributed by atoms with Crippen molar-refractivity contribution in [2.75, 3.05) is 6.61 Å². The number of Topliss-reactive ketones (excluding diaryl/α,β-unsaturated/α-hetero) is 1. The number of nitriles is 1. The van der Waals surface area contributed by atoms with Gasteiger partial charge in [0, 0.05) is 26.3 Å². The van der Waals surface area contributed by atoms with Crippen LogP contribution >= 0.6 is 12.6 Å². The normalized spacial score (nSPS) is 24.5. The van der Waals surface area contributed by atoms with E-state index in [4.69, 9.17) is 40.7 Å². The van der Waals surface area contributed by atoms with Crippen molar-refractivity contribution in [3.05, 3.63) is 88.6 Å². The highest BCUT2D eigenvalue weighted by molar-refractivity contribution is 7.84. The number of esters is 3. The lowest BCUT2D eigenvalue weighted by Gasteiger charge is -2.50. The zero-order chi connectivity index (χ0) is 33.7. The summed E-state index contributed by atoms with van der Waals surface area (Å²) in [5.74, 6) is -2.90. The zero-order valence-electron chi connectivity index (χ0n) is 25.9. The van der Waals surface area contributed by atoms with Crippen molar-refractivity contribution in [3.63, 3.8) is 0 Å². The molecule has 0 spiro atoms. The molecule has 0 radical (unpaired) electrons. The number of hydrogen-bond acceptors (Lipinski definition) is 13. The van der Waals surface area contributed by atoms with Gasteiger partial charge in [-0.15, -0.1) is 12.6 Å². The Morgan fingerprint density at radius 2 is 1.57 bits per heavy atom. The molecule has 3 heterocycles. The van der Waals surface area contributed by atoms with Crippen LogP contribution in [0.1, 0.15) is 51.9 Å². The van der Waals surface area contributed by atoms with Crippen molar-refractivity contribution in [1.82, 2.24) is 4.90 Å². The average Bonchev–Trinajstić information content (AvgIpc) is 3.52. The number of allylic oxidation sites excluding steroid dienone is 3. The van der Waals surface area contributed by atoms with Gasteiger partial charge in [-0.25, -0.2) is 0 Å².